The van der Waals surface area contributed by atoms with Crippen molar-refractivity contribution >= 4 is 17.3 Å². The zero-order chi connectivity index (χ0) is 11.4. The zero-order valence-electron chi connectivity index (χ0n) is 8.74. The number of rotatable bonds is 4. The van der Waals surface area contributed by atoms with Gasteiger partial charge in [0.2, 0.25) is 0 Å². The fraction of sp³-hybridized carbons (Fsp3) is 0.273. The molecule has 1 aromatic rings. The summed E-state index contributed by atoms with van der Waals surface area (Å²) in [4.78, 5) is 22.2. The highest BCUT2D eigenvalue weighted by atomic mass is 16.5. The molecule has 0 saturated heterocycles. The monoisotopic (exact) mass is 207 g/mol. The van der Waals surface area contributed by atoms with Gasteiger partial charge in [-0.2, -0.15) is 0 Å². The van der Waals surface area contributed by atoms with E-state index in [-0.39, 0.29) is 18.0 Å². The average Bonchev–Trinajstić information content (AvgIpc) is 2.16. The second-order valence-electron chi connectivity index (χ2n) is 3.26. The topological polar surface area (TPSA) is 69.4 Å². The van der Waals surface area contributed by atoms with Gasteiger partial charge in [-0.3, -0.25) is 9.59 Å². The minimum Gasteiger partial charge on any atom is -0.495 e. The Labute approximate surface area is 88.0 Å². The summed E-state index contributed by atoms with van der Waals surface area (Å²) in [7, 11) is 1.50. The molecule has 0 amide bonds. The molecule has 4 nitrogen and oxygen atoms in total. The molecule has 0 heterocycles. The zero-order valence-corrected chi connectivity index (χ0v) is 8.74. The molecule has 0 bridgehead atoms. The number of methoxy groups -OCH3 is 1. The molecule has 1 rings (SSSR count). The van der Waals surface area contributed by atoms with Crippen molar-refractivity contribution in [1.82, 2.24) is 0 Å². The third-order valence-corrected chi connectivity index (χ3v) is 1.96. The first-order valence-corrected chi connectivity index (χ1v) is 4.50. The third kappa shape index (κ3) is 2.80. The van der Waals surface area contributed by atoms with Crippen molar-refractivity contribution in [3.63, 3.8) is 0 Å². The van der Waals surface area contributed by atoms with Crippen molar-refractivity contribution in [1.29, 1.82) is 0 Å². The van der Waals surface area contributed by atoms with Crippen LogP contribution in [-0.4, -0.2) is 18.7 Å². The van der Waals surface area contributed by atoms with Gasteiger partial charge in [-0.25, -0.2) is 0 Å². The summed E-state index contributed by atoms with van der Waals surface area (Å²) in [6.07, 6.45) is -0.0915. The van der Waals surface area contributed by atoms with Gasteiger partial charge >= 0.3 is 0 Å². The van der Waals surface area contributed by atoms with Gasteiger partial charge in [0, 0.05) is 5.56 Å². The lowest BCUT2D eigenvalue weighted by atomic mass is 10.1. The fourth-order valence-electron chi connectivity index (χ4n) is 1.24. The van der Waals surface area contributed by atoms with Gasteiger partial charge in [0.1, 0.15) is 11.5 Å². The Morgan fingerprint density at radius 2 is 2.07 bits per heavy atom. The van der Waals surface area contributed by atoms with Crippen LogP contribution in [0.2, 0.25) is 0 Å². The standard InChI is InChI=1S/C11H13NO3/c1-7(13)5-10(14)8-3-4-11(15-2)9(12)6-8/h3-4,6H,5,12H2,1-2H3. The van der Waals surface area contributed by atoms with E-state index in [1.165, 1.54) is 20.1 Å². The third-order valence-electron chi connectivity index (χ3n) is 1.96. The molecule has 0 saturated carbocycles. The Kier molecular flexibility index (Phi) is 3.44. The number of anilines is 1. The van der Waals surface area contributed by atoms with E-state index in [0.717, 1.165) is 0 Å². The highest BCUT2D eigenvalue weighted by Gasteiger charge is 2.10. The molecule has 0 aliphatic heterocycles. The molecule has 15 heavy (non-hydrogen) atoms. The van der Waals surface area contributed by atoms with Gasteiger partial charge < -0.3 is 10.5 Å². The van der Waals surface area contributed by atoms with Crippen LogP contribution in [0.15, 0.2) is 18.2 Å². The number of hydrogen-bond acceptors (Lipinski definition) is 4. The van der Waals surface area contributed by atoms with E-state index in [4.69, 9.17) is 10.5 Å². The van der Waals surface area contributed by atoms with Gasteiger partial charge in [0.15, 0.2) is 5.78 Å². The molecule has 0 spiro atoms. The van der Waals surface area contributed by atoms with E-state index in [1.54, 1.807) is 12.1 Å². The van der Waals surface area contributed by atoms with Crippen LogP contribution in [-0.2, 0) is 4.79 Å². The molecule has 0 fully saturated rings. The first-order valence-electron chi connectivity index (χ1n) is 4.50. The maximum atomic E-state index is 11.5. The summed E-state index contributed by atoms with van der Waals surface area (Å²) in [6.45, 7) is 1.38. The van der Waals surface area contributed by atoms with E-state index in [0.29, 0.717) is 17.0 Å². The molecule has 0 radical (unpaired) electrons. The molecule has 4 heteroatoms. The number of ketones is 2. The highest BCUT2D eigenvalue weighted by molar-refractivity contribution is 6.07. The second kappa shape index (κ2) is 4.59. The molecule has 0 aliphatic carbocycles. The number of benzene rings is 1. The Balaban J connectivity index is 2.92. The number of ether oxygens (including phenoxy) is 1. The smallest absolute Gasteiger partial charge is 0.170 e. The van der Waals surface area contributed by atoms with Crippen molar-refractivity contribution in [2.45, 2.75) is 13.3 Å². The van der Waals surface area contributed by atoms with Crippen molar-refractivity contribution in [2.75, 3.05) is 12.8 Å². The van der Waals surface area contributed by atoms with Crippen molar-refractivity contribution in [3.05, 3.63) is 23.8 Å². The summed E-state index contributed by atoms with van der Waals surface area (Å²) in [5.41, 5.74) is 6.47. The van der Waals surface area contributed by atoms with Crippen LogP contribution in [0.1, 0.15) is 23.7 Å². The first kappa shape index (κ1) is 11.2. The number of nitrogens with two attached hydrogens (primary N) is 1. The highest BCUT2D eigenvalue weighted by Crippen LogP contribution is 2.22. The number of nitrogen functional groups attached to an aromatic ring is 1. The summed E-state index contributed by atoms with van der Waals surface area (Å²) >= 11 is 0. The Morgan fingerprint density at radius 3 is 2.53 bits per heavy atom. The SMILES string of the molecule is COc1ccc(C(=O)CC(C)=O)cc1N. The van der Waals surface area contributed by atoms with E-state index < -0.39 is 0 Å². The molecule has 0 aliphatic rings. The van der Waals surface area contributed by atoms with Crippen LogP contribution < -0.4 is 10.5 Å². The maximum absolute atomic E-state index is 11.5. The summed E-state index contributed by atoms with van der Waals surface area (Å²) in [6, 6.07) is 4.73. The maximum Gasteiger partial charge on any atom is 0.170 e. The van der Waals surface area contributed by atoms with Crippen LogP contribution in [0.5, 0.6) is 5.75 Å². The Morgan fingerprint density at radius 1 is 1.40 bits per heavy atom. The van der Waals surface area contributed by atoms with Crippen LogP contribution in [0.25, 0.3) is 0 Å². The van der Waals surface area contributed by atoms with Gasteiger partial charge in [-0.05, 0) is 25.1 Å². The van der Waals surface area contributed by atoms with Crippen molar-refractivity contribution in [2.24, 2.45) is 0 Å². The van der Waals surface area contributed by atoms with Gasteiger partial charge in [0.25, 0.3) is 0 Å². The predicted molar refractivity (Wildman–Crippen MR) is 57.0 cm³/mol. The van der Waals surface area contributed by atoms with Crippen molar-refractivity contribution < 1.29 is 14.3 Å². The Hall–Kier alpha value is -1.84. The lowest BCUT2D eigenvalue weighted by molar-refractivity contribution is -0.116. The molecule has 2 N–H and O–H groups in total. The number of carbonyl (C=O) groups excluding carboxylic acids is 2. The van der Waals surface area contributed by atoms with E-state index in [2.05, 4.69) is 0 Å². The number of Topliss-reactive ketones (excluding diaryl/α,β-unsaturated/α-hetero) is 2. The summed E-state index contributed by atoms with van der Waals surface area (Å²) in [5.74, 6) is 0.139. The lowest BCUT2D eigenvalue weighted by Crippen LogP contribution is -2.05. The Bertz CT molecular complexity index is 399. The van der Waals surface area contributed by atoms with Gasteiger partial charge in [-0.1, -0.05) is 0 Å². The lowest BCUT2D eigenvalue weighted by Gasteiger charge is -2.05. The molecule has 80 valence electrons. The molecular formula is C11H13NO3. The van der Waals surface area contributed by atoms with Crippen LogP contribution in [0, 0.1) is 0 Å². The number of hydrogen-bond donors (Lipinski definition) is 1. The van der Waals surface area contributed by atoms with Crippen molar-refractivity contribution in [3.8, 4) is 5.75 Å². The van der Waals surface area contributed by atoms with E-state index in [9.17, 15) is 9.59 Å². The fourth-order valence-corrected chi connectivity index (χ4v) is 1.24. The molecule has 1 aromatic carbocycles. The molecule has 0 aromatic heterocycles. The van der Waals surface area contributed by atoms with Crippen LogP contribution >= 0.6 is 0 Å². The predicted octanol–water partition coefficient (Wildman–Crippen LogP) is 1.44. The van der Waals surface area contributed by atoms with Crippen LogP contribution in [0.3, 0.4) is 0 Å². The summed E-state index contributed by atoms with van der Waals surface area (Å²) in [5, 5.41) is 0. The first-order chi connectivity index (χ1) is 7.04. The molecule has 0 atom stereocenters. The minimum absolute atomic E-state index is 0.0915. The molecule has 0 unspecified atom stereocenters. The largest absolute Gasteiger partial charge is 0.495 e. The number of carbonyl (C=O) groups is 2. The van der Waals surface area contributed by atoms with Gasteiger partial charge in [0.05, 0.1) is 19.2 Å². The van der Waals surface area contributed by atoms with Crippen LogP contribution in [0.4, 0.5) is 5.69 Å². The molecular weight excluding hydrogens is 194 g/mol. The van der Waals surface area contributed by atoms with E-state index >= 15 is 0 Å². The minimum atomic E-state index is -0.225. The average molecular weight is 207 g/mol. The summed E-state index contributed by atoms with van der Waals surface area (Å²) < 4.78 is 4.96. The normalized spacial score (nSPS) is 9.73. The quantitative estimate of drug-likeness (QED) is 0.460. The van der Waals surface area contributed by atoms with Gasteiger partial charge in [-0.15, -0.1) is 0 Å². The van der Waals surface area contributed by atoms with E-state index in [1.807, 2.05) is 0 Å². The second-order valence-corrected chi connectivity index (χ2v) is 3.26.